The van der Waals surface area contributed by atoms with Gasteiger partial charge in [-0.15, -0.1) is 0 Å². The van der Waals surface area contributed by atoms with Crippen molar-refractivity contribution in [3.05, 3.63) is 108 Å². The highest BCUT2D eigenvalue weighted by molar-refractivity contribution is 6.31. The van der Waals surface area contributed by atoms with E-state index in [0.717, 1.165) is 42.8 Å². The van der Waals surface area contributed by atoms with Crippen molar-refractivity contribution in [2.75, 3.05) is 13.1 Å². The number of benzene rings is 1. The number of carbonyl (C=O) groups excluding carboxylic acids is 1. The van der Waals surface area contributed by atoms with E-state index in [1.54, 1.807) is 54.9 Å². The van der Waals surface area contributed by atoms with E-state index in [0.29, 0.717) is 17.2 Å². The van der Waals surface area contributed by atoms with E-state index in [2.05, 4.69) is 27.3 Å². The Hall–Kier alpha value is -3.32. The van der Waals surface area contributed by atoms with Crippen molar-refractivity contribution in [3.8, 4) is 0 Å². The molecule has 7 heteroatoms. The maximum absolute atomic E-state index is 12.8. The van der Waals surface area contributed by atoms with Gasteiger partial charge in [0.05, 0.1) is 0 Å². The number of carbonyl (C=O) groups is 1. The summed E-state index contributed by atoms with van der Waals surface area (Å²) < 4.78 is 0. The first-order valence-electron chi connectivity index (χ1n) is 11.5. The van der Waals surface area contributed by atoms with Crippen LogP contribution in [0.1, 0.15) is 38.7 Å². The second kappa shape index (κ2) is 19.0. The molecule has 0 atom stereocenters. The molecule has 0 aromatic heterocycles. The molecule has 0 saturated carbocycles. The van der Waals surface area contributed by atoms with Gasteiger partial charge >= 0.3 is 0 Å². The van der Waals surface area contributed by atoms with Crippen LogP contribution in [-0.2, 0) is 4.79 Å². The van der Waals surface area contributed by atoms with Crippen molar-refractivity contribution in [1.29, 1.82) is 0 Å². The molecule has 0 unspecified atom stereocenters. The van der Waals surface area contributed by atoms with E-state index in [1.165, 1.54) is 0 Å². The summed E-state index contributed by atoms with van der Waals surface area (Å²) in [6.07, 6.45) is 18.2. The Bertz CT molecular complexity index is 1000. The molecule has 4 N–H and O–H groups in total. The van der Waals surface area contributed by atoms with Crippen LogP contribution in [0.15, 0.2) is 112 Å². The van der Waals surface area contributed by atoms with Gasteiger partial charge in [-0.1, -0.05) is 60.7 Å². The maximum Gasteiger partial charge on any atom is 0.251 e. The zero-order valence-corrected chi connectivity index (χ0v) is 21.3. The fraction of sp³-hybridized carbons (Fsp3) is 0.250. The van der Waals surface area contributed by atoms with E-state index in [4.69, 9.17) is 17.4 Å². The third-order valence-electron chi connectivity index (χ3n) is 4.51. The predicted molar refractivity (Wildman–Crippen MR) is 150 cm³/mol. The fourth-order valence-electron chi connectivity index (χ4n) is 2.87. The Balaban J connectivity index is 2.92. The van der Waals surface area contributed by atoms with Gasteiger partial charge < -0.3 is 5.32 Å². The molecule has 0 bridgehead atoms. The summed E-state index contributed by atoms with van der Waals surface area (Å²) in [6, 6.07) is 9.79. The lowest BCUT2D eigenvalue weighted by molar-refractivity contribution is -0.117. The van der Waals surface area contributed by atoms with Crippen LogP contribution in [0.4, 0.5) is 0 Å². The molecule has 0 saturated heterocycles. The summed E-state index contributed by atoms with van der Waals surface area (Å²) in [4.78, 5) is 21.7. The second-order valence-electron chi connectivity index (χ2n) is 7.60. The highest BCUT2D eigenvalue weighted by atomic mass is 35.5. The van der Waals surface area contributed by atoms with E-state index in [9.17, 15) is 4.79 Å². The number of hydrazine groups is 1. The lowest BCUT2D eigenvalue weighted by Gasteiger charge is -2.05. The second-order valence-corrected chi connectivity index (χ2v) is 8.03. The van der Waals surface area contributed by atoms with Crippen LogP contribution in [0, 0.1) is 0 Å². The number of aliphatic imine (C=N–C) groups is 2. The van der Waals surface area contributed by atoms with Gasteiger partial charge in [-0.25, -0.2) is 0 Å². The highest BCUT2D eigenvalue weighted by Crippen LogP contribution is 2.08. The van der Waals surface area contributed by atoms with E-state index >= 15 is 0 Å². The number of unbranched alkanes of at least 4 members (excludes halogenated alkanes) is 1. The molecule has 0 spiro atoms. The van der Waals surface area contributed by atoms with Gasteiger partial charge in [0.2, 0.25) is 0 Å². The largest absolute Gasteiger partial charge is 0.349 e. The van der Waals surface area contributed by atoms with Crippen molar-refractivity contribution in [1.82, 2.24) is 10.7 Å². The molecule has 1 amide bonds. The Labute approximate surface area is 214 Å². The molecule has 6 nitrogen and oxygen atoms in total. The fourth-order valence-corrected chi connectivity index (χ4v) is 3.05. The van der Waals surface area contributed by atoms with Gasteiger partial charge in [0.15, 0.2) is 0 Å². The van der Waals surface area contributed by atoms with Crippen LogP contribution >= 0.6 is 11.6 Å². The van der Waals surface area contributed by atoms with E-state index in [1.807, 2.05) is 44.2 Å². The van der Waals surface area contributed by atoms with Crippen LogP contribution in [0.2, 0.25) is 0 Å². The van der Waals surface area contributed by atoms with Crippen LogP contribution in [-0.4, -0.2) is 30.9 Å². The smallest absolute Gasteiger partial charge is 0.251 e. The Morgan fingerprint density at radius 2 is 1.94 bits per heavy atom. The molecule has 0 aliphatic carbocycles. The number of hydrogen-bond donors (Lipinski definition) is 3. The normalized spacial score (nSPS) is 13.8. The Morgan fingerprint density at radius 3 is 2.66 bits per heavy atom. The minimum absolute atomic E-state index is 0.226. The minimum Gasteiger partial charge on any atom is -0.349 e. The van der Waals surface area contributed by atoms with E-state index in [-0.39, 0.29) is 5.91 Å². The van der Waals surface area contributed by atoms with Gasteiger partial charge in [0, 0.05) is 47.5 Å². The number of nitrogens with two attached hydrogens (primary N) is 1. The summed E-state index contributed by atoms with van der Waals surface area (Å²) in [7, 11) is 0. The average molecular weight is 494 g/mol. The van der Waals surface area contributed by atoms with Crippen molar-refractivity contribution >= 4 is 29.4 Å². The monoisotopic (exact) mass is 493 g/mol. The number of nitrogens with zero attached hydrogens (tertiary/aromatic N) is 2. The zero-order valence-electron chi connectivity index (χ0n) is 20.6. The number of rotatable bonds is 15. The summed E-state index contributed by atoms with van der Waals surface area (Å²) in [5.74, 6) is 5.08. The Morgan fingerprint density at radius 1 is 1.17 bits per heavy atom. The summed E-state index contributed by atoms with van der Waals surface area (Å²) in [5, 5.41) is 3.40. The molecule has 0 radical (unpaired) electrons. The summed E-state index contributed by atoms with van der Waals surface area (Å²) in [6.45, 7) is 8.57. The van der Waals surface area contributed by atoms with Crippen LogP contribution in [0.5, 0.6) is 0 Å². The molecular weight excluding hydrogens is 458 g/mol. The standard InChI is InChI=1S/C28H36ClN5O/c1-4-12-27(29)17-11-19-32-28(35)26(16-10-18-31-22-25-14-6-5-7-15-25)21-24(3)34-23(2)13-8-9-20-33-30/h4-7,10-12,14-18,21-22,33H,1,8-9,13,19-20,30H2,2-3H3,(H,32,35)/b17-11+,18-10+,24-21+,26-16+,27-12+,31-22+,34-23+. The van der Waals surface area contributed by atoms with Crippen molar-refractivity contribution < 1.29 is 4.79 Å². The number of nitrogens with one attached hydrogen (secondary N) is 2. The molecule has 186 valence electrons. The summed E-state index contributed by atoms with van der Waals surface area (Å²) in [5.41, 5.74) is 5.87. The maximum atomic E-state index is 12.8. The lowest BCUT2D eigenvalue weighted by Crippen LogP contribution is -2.24. The van der Waals surface area contributed by atoms with Gasteiger partial charge in [-0.3, -0.25) is 26.0 Å². The molecule has 0 aliphatic heterocycles. The van der Waals surface area contributed by atoms with Crippen LogP contribution in [0.3, 0.4) is 0 Å². The summed E-state index contributed by atoms with van der Waals surface area (Å²) >= 11 is 5.99. The topological polar surface area (TPSA) is 91.9 Å². The third-order valence-corrected chi connectivity index (χ3v) is 4.76. The van der Waals surface area contributed by atoms with Crippen molar-refractivity contribution in [2.45, 2.75) is 33.1 Å². The first-order valence-corrected chi connectivity index (χ1v) is 11.9. The quantitative estimate of drug-likeness (QED) is 0.0749. The Kier molecular flexibility index (Phi) is 16.2. The average Bonchev–Trinajstić information content (AvgIpc) is 2.84. The van der Waals surface area contributed by atoms with E-state index < -0.39 is 0 Å². The van der Waals surface area contributed by atoms with Crippen LogP contribution < -0.4 is 16.6 Å². The van der Waals surface area contributed by atoms with Gasteiger partial charge in [-0.2, -0.15) is 0 Å². The van der Waals surface area contributed by atoms with Gasteiger partial charge in [0.1, 0.15) is 0 Å². The van der Waals surface area contributed by atoms with Gasteiger partial charge in [0.25, 0.3) is 5.91 Å². The first kappa shape index (κ1) is 29.7. The van der Waals surface area contributed by atoms with Crippen molar-refractivity contribution in [2.24, 2.45) is 15.8 Å². The number of allylic oxidation sites excluding steroid dienone is 7. The minimum atomic E-state index is -0.226. The van der Waals surface area contributed by atoms with Crippen molar-refractivity contribution in [3.63, 3.8) is 0 Å². The van der Waals surface area contributed by atoms with Gasteiger partial charge in [-0.05, 0) is 69.1 Å². The number of halogens is 1. The molecular formula is C28H36ClN5O. The first-order chi connectivity index (χ1) is 17.0. The molecule has 0 heterocycles. The predicted octanol–water partition coefficient (Wildman–Crippen LogP) is 5.53. The highest BCUT2D eigenvalue weighted by Gasteiger charge is 2.05. The SMILES string of the molecule is C=C/C=C(Cl)\C=C\CNC(=O)C(/C=C(C)/N=C(\C)CCCCNN)=C/C=C/N=C/c1ccccc1. The molecule has 35 heavy (non-hydrogen) atoms. The molecule has 0 fully saturated rings. The van der Waals surface area contributed by atoms with Crippen LogP contribution in [0.25, 0.3) is 0 Å². The third kappa shape index (κ3) is 15.2. The zero-order chi connectivity index (χ0) is 25.7. The molecule has 1 aromatic carbocycles. The number of hydrogen-bond acceptors (Lipinski definition) is 5. The molecule has 1 aromatic rings. The lowest BCUT2D eigenvalue weighted by atomic mass is 10.1. The molecule has 0 aliphatic rings. The number of amides is 1. The molecule has 1 rings (SSSR count).